The van der Waals surface area contributed by atoms with Gasteiger partial charge in [-0.1, -0.05) is 36.4 Å². The number of nitrogens with zero attached hydrogens (tertiary/aromatic N) is 1. The van der Waals surface area contributed by atoms with Crippen LogP contribution in [0.5, 0.6) is 0 Å². The normalized spacial score (nSPS) is 11.0. The molecule has 26 heavy (non-hydrogen) atoms. The maximum absolute atomic E-state index is 12.7. The van der Waals surface area contributed by atoms with Crippen LogP contribution in [-0.4, -0.2) is 45.5 Å². The van der Waals surface area contributed by atoms with E-state index >= 15 is 0 Å². The van der Waals surface area contributed by atoms with E-state index in [1.54, 1.807) is 14.2 Å². The maximum atomic E-state index is 12.7. The minimum atomic E-state index is -0.0818. The van der Waals surface area contributed by atoms with Gasteiger partial charge in [0, 0.05) is 44.1 Å². The third-order valence-corrected chi connectivity index (χ3v) is 4.41. The zero-order chi connectivity index (χ0) is 18.4. The standard InChI is InChI=1S/C21H24N2O3/c1-25-12-10-23(11-13-26-2)18-9-8-17-14-20(16-6-4-3-5-7-16)22-21(24)19(17)15-18/h3-9,14-15H,10-13H2,1-2H3,(H,22,24). The summed E-state index contributed by atoms with van der Waals surface area (Å²) in [6.45, 7) is 2.72. The topological polar surface area (TPSA) is 54.6 Å². The first-order valence-electron chi connectivity index (χ1n) is 8.68. The highest BCUT2D eigenvalue weighted by molar-refractivity contribution is 5.88. The van der Waals surface area contributed by atoms with Crippen molar-refractivity contribution in [3.63, 3.8) is 0 Å². The lowest BCUT2D eigenvalue weighted by atomic mass is 10.1. The maximum Gasteiger partial charge on any atom is 0.256 e. The van der Waals surface area contributed by atoms with Crippen LogP contribution in [0.15, 0.2) is 59.4 Å². The van der Waals surface area contributed by atoms with E-state index in [2.05, 4.69) is 9.88 Å². The van der Waals surface area contributed by atoms with Gasteiger partial charge in [-0.2, -0.15) is 0 Å². The Morgan fingerprint density at radius 1 is 0.923 bits per heavy atom. The summed E-state index contributed by atoms with van der Waals surface area (Å²) in [5, 5.41) is 1.61. The van der Waals surface area contributed by atoms with Gasteiger partial charge >= 0.3 is 0 Å². The molecule has 1 aromatic heterocycles. The van der Waals surface area contributed by atoms with Gasteiger partial charge in [-0.05, 0) is 29.1 Å². The monoisotopic (exact) mass is 352 g/mol. The fourth-order valence-corrected chi connectivity index (χ4v) is 2.99. The van der Waals surface area contributed by atoms with Crippen LogP contribution >= 0.6 is 0 Å². The van der Waals surface area contributed by atoms with Crippen molar-refractivity contribution in [1.82, 2.24) is 4.98 Å². The Bertz CT molecular complexity index is 898. The minimum Gasteiger partial charge on any atom is -0.383 e. The Labute approximate surface area is 153 Å². The lowest BCUT2D eigenvalue weighted by molar-refractivity contribution is 0.190. The molecular weight excluding hydrogens is 328 g/mol. The summed E-state index contributed by atoms with van der Waals surface area (Å²) in [6.07, 6.45) is 0. The fourth-order valence-electron chi connectivity index (χ4n) is 2.99. The van der Waals surface area contributed by atoms with Gasteiger partial charge < -0.3 is 19.4 Å². The molecule has 0 bridgehead atoms. The predicted octanol–water partition coefficient (Wildman–Crippen LogP) is 3.29. The molecule has 0 atom stereocenters. The van der Waals surface area contributed by atoms with Gasteiger partial charge in [-0.3, -0.25) is 4.79 Å². The molecule has 0 spiro atoms. The molecule has 1 heterocycles. The zero-order valence-electron chi connectivity index (χ0n) is 15.2. The number of H-pyrrole nitrogens is 1. The summed E-state index contributed by atoms with van der Waals surface area (Å²) in [5.74, 6) is 0. The predicted molar refractivity (Wildman–Crippen MR) is 106 cm³/mol. The zero-order valence-corrected chi connectivity index (χ0v) is 15.2. The van der Waals surface area contributed by atoms with Crippen molar-refractivity contribution in [2.24, 2.45) is 0 Å². The van der Waals surface area contributed by atoms with Crippen molar-refractivity contribution >= 4 is 16.5 Å². The number of methoxy groups -OCH3 is 2. The van der Waals surface area contributed by atoms with Crippen LogP contribution in [0.3, 0.4) is 0 Å². The van der Waals surface area contributed by atoms with Crippen LogP contribution < -0.4 is 10.5 Å². The molecule has 0 unspecified atom stereocenters. The number of anilines is 1. The quantitative estimate of drug-likeness (QED) is 0.676. The molecule has 0 aliphatic heterocycles. The first-order chi connectivity index (χ1) is 12.7. The van der Waals surface area contributed by atoms with Gasteiger partial charge in [0.25, 0.3) is 5.56 Å². The summed E-state index contributed by atoms with van der Waals surface area (Å²) in [7, 11) is 3.37. The van der Waals surface area contributed by atoms with E-state index in [1.165, 1.54) is 0 Å². The molecule has 0 aliphatic rings. The SMILES string of the molecule is COCCN(CCOC)c1ccc2cc(-c3ccccc3)[nH]c(=O)c2c1. The first-order valence-corrected chi connectivity index (χ1v) is 8.68. The summed E-state index contributed by atoms with van der Waals surface area (Å²) < 4.78 is 10.4. The molecule has 136 valence electrons. The summed E-state index contributed by atoms with van der Waals surface area (Å²) in [6, 6.07) is 17.9. The number of rotatable bonds is 8. The average Bonchev–Trinajstić information content (AvgIpc) is 2.68. The second-order valence-corrected chi connectivity index (χ2v) is 6.12. The van der Waals surface area contributed by atoms with Gasteiger partial charge in [0.05, 0.1) is 13.2 Å². The van der Waals surface area contributed by atoms with Crippen molar-refractivity contribution in [2.45, 2.75) is 0 Å². The summed E-state index contributed by atoms with van der Waals surface area (Å²) >= 11 is 0. The molecule has 5 heteroatoms. The molecule has 0 saturated carbocycles. The Kier molecular flexibility index (Phi) is 6.04. The number of aromatic nitrogens is 1. The van der Waals surface area contributed by atoms with Crippen LogP contribution in [0, 0.1) is 0 Å². The van der Waals surface area contributed by atoms with Gasteiger partial charge in [0.1, 0.15) is 0 Å². The Balaban J connectivity index is 1.97. The summed E-state index contributed by atoms with van der Waals surface area (Å²) in [5.41, 5.74) is 2.73. The van der Waals surface area contributed by atoms with E-state index in [4.69, 9.17) is 9.47 Å². The van der Waals surface area contributed by atoms with E-state index < -0.39 is 0 Å². The Morgan fingerprint density at radius 2 is 1.62 bits per heavy atom. The van der Waals surface area contributed by atoms with E-state index in [-0.39, 0.29) is 5.56 Å². The van der Waals surface area contributed by atoms with Crippen LogP contribution in [0.1, 0.15) is 0 Å². The molecule has 0 radical (unpaired) electrons. The highest BCUT2D eigenvalue weighted by Crippen LogP contribution is 2.23. The number of hydrogen-bond acceptors (Lipinski definition) is 4. The lowest BCUT2D eigenvalue weighted by Crippen LogP contribution is -2.30. The molecule has 2 aromatic carbocycles. The molecular formula is C21H24N2O3. The smallest absolute Gasteiger partial charge is 0.256 e. The van der Waals surface area contributed by atoms with Crippen molar-refractivity contribution in [3.05, 3.63) is 65.0 Å². The van der Waals surface area contributed by atoms with Crippen molar-refractivity contribution in [3.8, 4) is 11.3 Å². The second kappa shape index (κ2) is 8.65. The molecule has 0 saturated heterocycles. The second-order valence-electron chi connectivity index (χ2n) is 6.12. The third-order valence-electron chi connectivity index (χ3n) is 4.41. The van der Waals surface area contributed by atoms with E-state index in [1.807, 2.05) is 54.6 Å². The minimum absolute atomic E-state index is 0.0818. The Hall–Kier alpha value is -2.63. The number of nitrogens with one attached hydrogen (secondary N) is 1. The molecule has 3 rings (SSSR count). The van der Waals surface area contributed by atoms with Gasteiger partial charge in [0.15, 0.2) is 0 Å². The van der Waals surface area contributed by atoms with Crippen molar-refractivity contribution in [2.75, 3.05) is 45.4 Å². The molecule has 5 nitrogen and oxygen atoms in total. The highest BCUT2D eigenvalue weighted by Gasteiger charge is 2.10. The van der Waals surface area contributed by atoms with Crippen molar-refractivity contribution in [1.29, 1.82) is 0 Å². The van der Waals surface area contributed by atoms with Gasteiger partial charge in [-0.15, -0.1) is 0 Å². The van der Waals surface area contributed by atoms with E-state index in [0.717, 1.165) is 35.4 Å². The lowest BCUT2D eigenvalue weighted by Gasteiger charge is -2.24. The van der Waals surface area contributed by atoms with E-state index in [0.29, 0.717) is 18.6 Å². The Morgan fingerprint density at radius 3 is 2.27 bits per heavy atom. The van der Waals surface area contributed by atoms with Crippen LogP contribution in [0.2, 0.25) is 0 Å². The van der Waals surface area contributed by atoms with Crippen LogP contribution in [-0.2, 0) is 9.47 Å². The third kappa shape index (κ3) is 4.12. The van der Waals surface area contributed by atoms with Gasteiger partial charge in [-0.25, -0.2) is 0 Å². The summed E-state index contributed by atoms with van der Waals surface area (Å²) in [4.78, 5) is 17.8. The number of fused-ring (bicyclic) bond motifs is 1. The van der Waals surface area contributed by atoms with Gasteiger partial charge in [0.2, 0.25) is 0 Å². The average molecular weight is 352 g/mol. The largest absolute Gasteiger partial charge is 0.383 e. The fraction of sp³-hybridized carbons (Fsp3) is 0.286. The number of pyridine rings is 1. The highest BCUT2D eigenvalue weighted by atomic mass is 16.5. The van der Waals surface area contributed by atoms with E-state index in [9.17, 15) is 4.79 Å². The molecule has 3 aromatic rings. The molecule has 0 aliphatic carbocycles. The number of benzene rings is 2. The van der Waals surface area contributed by atoms with Crippen LogP contribution in [0.4, 0.5) is 5.69 Å². The first kappa shape index (κ1) is 18.2. The molecule has 1 N–H and O–H groups in total. The number of aromatic amines is 1. The van der Waals surface area contributed by atoms with Crippen LogP contribution in [0.25, 0.3) is 22.0 Å². The number of hydrogen-bond donors (Lipinski definition) is 1. The van der Waals surface area contributed by atoms with Crippen molar-refractivity contribution < 1.29 is 9.47 Å². The molecule has 0 fully saturated rings. The molecule has 0 amide bonds. The number of ether oxygens (including phenoxy) is 2.